The summed E-state index contributed by atoms with van der Waals surface area (Å²) in [5.74, 6) is 0. The molecular weight excluding hydrogens is 124 g/mol. The first kappa shape index (κ1) is 9.18. The van der Waals surface area contributed by atoms with Gasteiger partial charge in [-0.1, -0.05) is 37.0 Å². The largest absolute Gasteiger partial charge is 0.386 e. The summed E-state index contributed by atoms with van der Waals surface area (Å²) in [6.45, 7) is 6.97. The van der Waals surface area contributed by atoms with Crippen LogP contribution < -0.4 is 0 Å². The first-order chi connectivity index (χ1) is 4.56. The number of rotatable bonds is 3. The zero-order valence-electron chi connectivity index (χ0n) is 6.54. The lowest BCUT2D eigenvalue weighted by Crippen LogP contribution is -2.13. The molecule has 0 aromatic heterocycles. The third-order valence-electron chi connectivity index (χ3n) is 0.862. The summed E-state index contributed by atoms with van der Waals surface area (Å²) in [5.41, 5.74) is -0.717. The highest BCUT2D eigenvalue weighted by atomic mass is 16.3. The van der Waals surface area contributed by atoms with Gasteiger partial charge in [0.05, 0.1) is 5.60 Å². The number of hydrogen-bond acceptors (Lipinski definition) is 1. The van der Waals surface area contributed by atoms with E-state index in [1.165, 1.54) is 0 Å². The van der Waals surface area contributed by atoms with Crippen LogP contribution in [0, 0.1) is 0 Å². The van der Waals surface area contributed by atoms with Gasteiger partial charge in [0.25, 0.3) is 0 Å². The fourth-order valence-electron chi connectivity index (χ4n) is 0.434. The van der Waals surface area contributed by atoms with Crippen LogP contribution >= 0.6 is 0 Å². The third kappa shape index (κ3) is 7.18. The Labute approximate surface area is 62.4 Å². The molecule has 0 rings (SSSR count). The lowest BCUT2D eigenvalue weighted by molar-refractivity contribution is 0.133. The van der Waals surface area contributed by atoms with Crippen molar-refractivity contribution in [1.82, 2.24) is 0 Å². The Hall–Kier alpha value is -0.820. The van der Waals surface area contributed by atoms with Crippen molar-refractivity contribution in [2.24, 2.45) is 0 Å². The first-order valence-corrected chi connectivity index (χ1v) is 3.25. The molecule has 1 heteroatoms. The van der Waals surface area contributed by atoms with Crippen LogP contribution in [-0.2, 0) is 0 Å². The fraction of sp³-hybridized carbons (Fsp3) is 0.333. The Morgan fingerprint density at radius 2 is 1.80 bits per heavy atom. The minimum atomic E-state index is -0.717. The van der Waals surface area contributed by atoms with Crippen LogP contribution in [0.4, 0.5) is 0 Å². The molecule has 0 bridgehead atoms. The van der Waals surface area contributed by atoms with E-state index in [-0.39, 0.29) is 0 Å². The van der Waals surface area contributed by atoms with Crippen LogP contribution in [0.3, 0.4) is 0 Å². The van der Waals surface area contributed by atoms with Gasteiger partial charge >= 0.3 is 0 Å². The molecule has 0 aliphatic carbocycles. The summed E-state index contributed by atoms with van der Waals surface area (Å²) in [5, 5.41) is 9.17. The average molecular weight is 138 g/mol. The number of aliphatic hydroxyl groups is 1. The van der Waals surface area contributed by atoms with Gasteiger partial charge in [-0.2, -0.15) is 0 Å². The van der Waals surface area contributed by atoms with Gasteiger partial charge in [-0.05, 0) is 13.8 Å². The minimum Gasteiger partial charge on any atom is -0.386 e. The Morgan fingerprint density at radius 3 is 2.20 bits per heavy atom. The van der Waals surface area contributed by atoms with E-state index in [1.807, 2.05) is 12.2 Å². The molecule has 0 radical (unpaired) electrons. The topological polar surface area (TPSA) is 20.2 Å². The standard InChI is InChI=1S/C9H14O/c1-4-5-6-7-8-9(2,3)10/h4-8,10H,1H2,2-3H3/b6-5+,8-7-. The Balaban J connectivity index is 3.77. The average Bonchev–Trinajstić information content (AvgIpc) is 1.78. The first-order valence-electron chi connectivity index (χ1n) is 3.25. The molecule has 0 aromatic rings. The van der Waals surface area contributed by atoms with E-state index in [0.717, 1.165) is 0 Å². The highest BCUT2D eigenvalue weighted by Gasteiger charge is 2.03. The maximum Gasteiger partial charge on any atom is 0.0774 e. The van der Waals surface area contributed by atoms with E-state index in [2.05, 4.69) is 6.58 Å². The SMILES string of the molecule is C=C/C=C/C=C\C(C)(C)O. The third-order valence-corrected chi connectivity index (χ3v) is 0.862. The molecule has 10 heavy (non-hydrogen) atoms. The van der Waals surface area contributed by atoms with Crippen molar-refractivity contribution >= 4 is 0 Å². The summed E-state index contributed by atoms with van der Waals surface area (Å²) in [7, 11) is 0. The van der Waals surface area contributed by atoms with Crippen LogP contribution in [0.2, 0.25) is 0 Å². The molecule has 0 aliphatic rings. The normalized spacial score (nSPS) is 13.1. The zero-order valence-corrected chi connectivity index (χ0v) is 6.54. The van der Waals surface area contributed by atoms with E-state index >= 15 is 0 Å². The fourth-order valence-corrected chi connectivity index (χ4v) is 0.434. The molecule has 56 valence electrons. The van der Waals surface area contributed by atoms with E-state index in [4.69, 9.17) is 0 Å². The van der Waals surface area contributed by atoms with Gasteiger partial charge in [0.15, 0.2) is 0 Å². The van der Waals surface area contributed by atoms with Gasteiger partial charge in [0.1, 0.15) is 0 Å². The van der Waals surface area contributed by atoms with Crippen molar-refractivity contribution in [1.29, 1.82) is 0 Å². The van der Waals surface area contributed by atoms with Gasteiger partial charge in [-0.15, -0.1) is 0 Å². The molecule has 1 N–H and O–H groups in total. The lowest BCUT2D eigenvalue weighted by Gasteiger charge is -2.08. The number of allylic oxidation sites excluding steroid dienone is 4. The Kier molecular flexibility index (Phi) is 3.74. The summed E-state index contributed by atoms with van der Waals surface area (Å²) in [4.78, 5) is 0. The van der Waals surface area contributed by atoms with Crippen LogP contribution in [-0.4, -0.2) is 10.7 Å². The maximum atomic E-state index is 9.17. The summed E-state index contributed by atoms with van der Waals surface area (Å²) in [6.07, 6.45) is 8.83. The Bertz CT molecular complexity index is 147. The lowest BCUT2D eigenvalue weighted by atomic mass is 10.1. The molecule has 0 atom stereocenters. The van der Waals surface area contributed by atoms with E-state index in [0.29, 0.717) is 0 Å². The molecule has 0 amide bonds. The van der Waals surface area contributed by atoms with Crippen molar-refractivity contribution in [3.05, 3.63) is 37.0 Å². The molecule has 0 saturated carbocycles. The second-order valence-electron chi connectivity index (χ2n) is 2.63. The van der Waals surface area contributed by atoms with Crippen molar-refractivity contribution in [2.75, 3.05) is 0 Å². The highest BCUT2D eigenvalue weighted by Crippen LogP contribution is 2.01. The van der Waals surface area contributed by atoms with Gasteiger partial charge in [0, 0.05) is 0 Å². The van der Waals surface area contributed by atoms with Gasteiger partial charge < -0.3 is 5.11 Å². The van der Waals surface area contributed by atoms with Crippen molar-refractivity contribution in [3.63, 3.8) is 0 Å². The van der Waals surface area contributed by atoms with Crippen LogP contribution in [0.15, 0.2) is 37.0 Å². The second-order valence-corrected chi connectivity index (χ2v) is 2.63. The molecule has 0 unspecified atom stereocenters. The van der Waals surface area contributed by atoms with E-state index in [9.17, 15) is 5.11 Å². The van der Waals surface area contributed by atoms with E-state index < -0.39 is 5.60 Å². The predicted octanol–water partition coefficient (Wildman–Crippen LogP) is 2.06. The Morgan fingerprint density at radius 1 is 1.20 bits per heavy atom. The molecule has 1 nitrogen and oxygen atoms in total. The quantitative estimate of drug-likeness (QED) is 0.592. The minimum absolute atomic E-state index is 0.717. The van der Waals surface area contributed by atoms with Crippen LogP contribution in [0.25, 0.3) is 0 Å². The molecule has 0 fully saturated rings. The van der Waals surface area contributed by atoms with Crippen molar-refractivity contribution in [3.8, 4) is 0 Å². The molecule has 0 aromatic carbocycles. The smallest absolute Gasteiger partial charge is 0.0774 e. The summed E-state index contributed by atoms with van der Waals surface area (Å²) < 4.78 is 0. The van der Waals surface area contributed by atoms with Crippen molar-refractivity contribution < 1.29 is 5.11 Å². The predicted molar refractivity (Wildman–Crippen MR) is 44.8 cm³/mol. The highest BCUT2D eigenvalue weighted by molar-refractivity contribution is 5.11. The molecule has 0 aliphatic heterocycles. The number of hydrogen-bond donors (Lipinski definition) is 1. The van der Waals surface area contributed by atoms with Crippen LogP contribution in [0.1, 0.15) is 13.8 Å². The van der Waals surface area contributed by atoms with Gasteiger partial charge in [-0.3, -0.25) is 0 Å². The second kappa shape index (κ2) is 4.07. The molecule has 0 saturated heterocycles. The van der Waals surface area contributed by atoms with Gasteiger partial charge in [-0.25, -0.2) is 0 Å². The molecular formula is C9H14O. The van der Waals surface area contributed by atoms with Crippen molar-refractivity contribution in [2.45, 2.75) is 19.4 Å². The maximum absolute atomic E-state index is 9.17. The monoisotopic (exact) mass is 138 g/mol. The van der Waals surface area contributed by atoms with E-state index in [1.54, 1.807) is 32.1 Å². The summed E-state index contributed by atoms with van der Waals surface area (Å²) >= 11 is 0. The zero-order chi connectivity index (χ0) is 8.04. The summed E-state index contributed by atoms with van der Waals surface area (Å²) in [6, 6.07) is 0. The van der Waals surface area contributed by atoms with Crippen LogP contribution in [0.5, 0.6) is 0 Å². The molecule has 0 heterocycles. The molecule has 0 spiro atoms. The van der Waals surface area contributed by atoms with Gasteiger partial charge in [0.2, 0.25) is 0 Å².